The first kappa shape index (κ1) is 20.9. The summed E-state index contributed by atoms with van der Waals surface area (Å²) in [5, 5.41) is 12.6. The van der Waals surface area contributed by atoms with Gasteiger partial charge < -0.3 is 4.74 Å². The number of thioether (sulfide) groups is 2. The molecule has 3 heterocycles. The van der Waals surface area contributed by atoms with Gasteiger partial charge in [-0.25, -0.2) is 4.98 Å². The summed E-state index contributed by atoms with van der Waals surface area (Å²) in [6.45, 7) is 1.98. The van der Waals surface area contributed by atoms with Crippen LogP contribution >= 0.6 is 34.9 Å². The van der Waals surface area contributed by atoms with Gasteiger partial charge >= 0.3 is 0 Å². The molecule has 0 spiro atoms. The van der Waals surface area contributed by atoms with E-state index in [-0.39, 0.29) is 17.2 Å². The van der Waals surface area contributed by atoms with Crippen molar-refractivity contribution in [3.8, 4) is 11.4 Å². The van der Waals surface area contributed by atoms with E-state index >= 15 is 0 Å². The number of methoxy groups -OCH3 is 1. The maximum Gasteiger partial charge on any atom is 0.272 e. The van der Waals surface area contributed by atoms with Crippen LogP contribution < -0.4 is 15.6 Å². The predicted molar refractivity (Wildman–Crippen MR) is 119 cm³/mol. The van der Waals surface area contributed by atoms with Crippen molar-refractivity contribution in [3.05, 3.63) is 45.3 Å². The number of benzene rings is 1. The number of rotatable bonds is 7. The van der Waals surface area contributed by atoms with Gasteiger partial charge in [0.05, 0.1) is 29.1 Å². The Kier molecular flexibility index (Phi) is 6.40. The first-order valence-electron chi connectivity index (χ1n) is 9.27. The Bertz CT molecular complexity index is 1130. The molecule has 1 aliphatic heterocycles. The second-order valence-corrected chi connectivity index (χ2v) is 9.41. The summed E-state index contributed by atoms with van der Waals surface area (Å²) in [4.78, 5) is 30.9. The monoisotopic (exact) mass is 461 g/mol. The van der Waals surface area contributed by atoms with E-state index in [1.54, 1.807) is 23.8 Å². The number of ether oxygens (including phenoxy) is 1. The minimum absolute atomic E-state index is 0.104. The van der Waals surface area contributed by atoms with Crippen LogP contribution in [0.5, 0.6) is 5.75 Å². The topological polar surface area (TPSA) is 99.0 Å². The van der Waals surface area contributed by atoms with Crippen molar-refractivity contribution in [3.63, 3.8) is 0 Å². The van der Waals surface area contributed by atoms with E-state index in [1.807, 2.05) is 19.1 Å². The standard InChI is InChI=1S/C19H19N5O3S3/c1-3-15-22-23-18(30-15)21-14(25)10-29-19-20-13-8-9-28-16(13)17(26)24(19)11-4-6-12(27-2)7-5-11/h4-7H,3,8-10H2,1-2H3,(H,21,23,25). The van der Waals surface area contributed by atoms with Crippen LogP contribution in [0.3, 0.4) is 0 Å². The molecule has 1 aromatic carbocycles. The van der Waals surface area contributed by atoms with Gasteiger partial charge in [-0.15, -0.1) is 22.0 Å². The van der Waals surface area contributed by atoms with Crippen LogP contribution in [-0.4, -0.2) is 44.3 Å². The van der Waals surface area contributed by atoms with Crippen molar-refractivity contribution in [2.75, 3.05) is 23.9 Å². The number of aryl methyl sites for hydroxylation is 2. The van der Waals surface area contributed by atoms with Gasteiger partial charge in [0.2, 0.25) is 11.0 Å². The molecule has 156 valence electrons. The van der Waals surface area contributed by atoms with Crippen LogP contribution in [0.4, 0.5) is 5.13 Å². The maximum absolute atomic E-state index is 13.1. The molecule has 0 saturated carbocycles. The summed E-state index contributed by atoms with van der Waals surface area (Å²) in [6.07, 6.45) is 1.52. The third kappa shape index (κ3) is 4.37. The normalized spacial score (nSPS) is 12.6. The Morgan fingerprint density at radius 3 is 2.80 bits per heavy atom. The first-order chi connectivity index (χ1) is 14.6. The number of fused-ring (bicyclic) bond motifs is 1. The molecule has 30 heavy (non-hydrogen) atoms. The molecule has 0 aliphatic carbocycles. The molecule has 4 rings (SSSR count). The fourth-order valence-corrected chi connectivity index (χ4v) is 5.43. The largest absolute Gasteiger partial charge is 0.497 e. The average Bonchev–Trinajstić information content (AvgIpc) is 3.42. The summed E-state index contributed by atoms with van der Waals surface area (Å²) in [5.41, 5.74) is 1.38. The molecule has 0 saturated heterocycles. The molecule has 0 radical (unpaired) electrons. The fraction of sp³-hybridized carbons (Fsp3) is 0.316. The number of hydrogen-bond donors (Lipinski definition) is 1. The number of carbonyl (C=O) groups is 1. The lowest BCUT2D eigenvalue weighted by Gasteiger charge is -2.14. The number of anilines is 1. The van der Waals surface area contributed by atoms with E-state index in [2.05, 4.69) is 15.5 Å². The van der Waals surface area contributed by atoms with E-state index in [1.165, 1.54) is 34.9 Å². The van der Waals surface area contributed by atoms with Gasteiger partial charge in [0.15, 0.2) is 5.16 Å². The Morgan fingerprint density at radius 2 is 2.10 bits per heavy atom. The van der Waals surface area contributed by atoms with Crippen molar-refractivity contribution < 1.29 is 9.53 Å². The Labute approximate surface area is 185 Å². The van der Waals surface area contributed by atoms with Crippen LogP contribution in [0.2, 0.25) is 0 Å². The lowest BCUT2D eigenvalue weighted by Crippen LogP contribution is -2.24. The van der Waals surface area contributed by atoms with Gasteiger partial charge in [0.25, 0.3) is 5.56 Å². The number of amides is 1. The number of carbonyl (C=O) groups excluding carboxylic acids is 1. The van der Waals surface area contributed by atoms with Gasteiger partial charge in [0, 0.05) is 12.2 Å². The molecule has 2 aromatic heterocycles. The third-order valence-electron chi connectivity index (χ3n) is 4.35. The number of hydrogen-bond acceptors (Lipinski definition) is 9. The number of aromatic nitrogens is 4. The van der Waals surface area contributed by atoms with E-state index in [0.717, 1.165) is 29.3 Å². The van der Waals surface area contributed by atoms with Gasteiger partial charge in [-0.3, -0.25) is 19.5 Å². The molecule has 0 atom stereocenters. The molecule has 0 unspecified atom stereocenters. The van der Waals surface area contributed by atoms with E-state index in [9.17, 15) is 9.59 Å². The molecule has 3 aromatic rings. The van der Waals surface area contributed by atoms with Crippen molar-refractivity contribution >= 4 is 45.9 Å². The zero-order valence-electron chi connectivity index (χ0n) is 16.4. The molecular weight excluding hydrogens is 442 g/mol. The van der Waals surface area contributed by atoms with Crippen molar-refractivity contribution in [1.82, 2.24) is 19.7 Å². The number of nitrogens with zero attached hydrogens (tertiary/aromatic N) is 4. The van der Waals surface area contributed by atoms with Crippen molar-refractivity contribution in [1.29, 1.82) is 0 Å². The molecule has 11 heteroatoms. The fourth-order valence-electron chi connectivity index (χ4n) is 2.88. The molecule has 0 fully saturated rings. The zero-order chi connectivity index (χ0) is 21.1. The summed E-state index contributed by atoms with van der Waals surface area (Å²) < 4.78 is 6.77. The second-order valence-electron chi connectivity index (χ2n) is 6.30. The summed E-state index contributed by atoms with van der Waals surface area (Å²) in [6, 6.07) is 7.21. The molecule has 1 aliphatic rings. The van der Waals surface area contributed by atoms with E-state index in [0.29, 0.717) is 26.6 Å². The van der Waals surface area contributed by atoms with Gasteiger partial charge in [-0.05, 0) is 30.7 Å². The third-order valence-corrected chi connectivity index (χ3v) is 7.37. The minimum atomic E-state index is -0.218. The van der Waals surface area contributed by atoms with Crippen LogP contribution in [0.25, 0.3) is 5.69 Å². The maximum atomic E-state index is 13.1. The van der Waals surface area contributed by atoms with Crippen molar-refractivity contribution in [2.24, 2.45) is 0 Å². The summed E-state index contributed by atoms with van der Waals surface area (Å²) >= 11 is 4.11. The highest BCUT2D eigenvalue weighted by Gasteiger charge is 2.23. The minimum Gasteiger partial charge on any atom is -0.497 e. The molecule has 0 bridgehead atoms. The van der Waals surface area contributed by atoms with Crippen LogP contribution in [0.1, 0.15) is 17.6 Å². The molecule has 1 N–H and O–H groups in total. The highest BCUT2D eigenvalue weighted by Crippen LogP contribution is 2.30. The van der Waals surface area contributed by atoms with Crippen LogP contribution in [0.15, 0.2) is 39.1 Å². The Morgan fingerprint density at radius 1 is 1.30 bits per heavy atom. The summed E-state index contributed by atoms with van der Waals surface area (Å²) in [5.74, 6) is 1.43. The highest BCUT2D eigenvalue weighted by atomic mass is 32.2. The molecule has 1 amide bonds. The highest BCUT2D eigenvalue weighted by molar-refractivity contribution is 8.00. The average molecular weight is 462 g/mol. The zero-order valence-corrected chi connectivity index (χ0v) is 18.8. The van der Waals surface area contributed by atoms with Gasteiger partial charge in [-0.1, -0.05) is 30.0 Å². The van der Waals surface area contributed by atoms with Crippen molar-refractivity contribution in [2.45, 2.75) is 29.8 Å². The van der Waals surface area contributed by atoms with Crippen LogP contribution in [0, 0.1) is 0 Å². The Balaban J connectivity index is 1.59. The quantitative estimate of drug-likeness (QED) is 0.423. The van der Waals surface area contributed by atoms with Gasteiger partial charge in [-0.2, -0.15) is 0 Å². The predicted octanol–water partition coefficient (Wildman–Crippen LogP) is 3.03. The second kappa shape index (κ2) is 9.19. The van der Waals surface area contributed by atoms with E-state index in [4.69, 9.17) is 9.72 Å². The van der Waals surface area contributed by atoms with E-state index < -0.39 is 0 Å². The lowest BCUT2D eigenvalue weighted by molar-refractivity contribution is -0.113. The molecular formula is C19H19N5O3S3. The number of nitrogens with one attached hydrogen (secondary N) is 1. The Hall–Kier alpha value is -2.37. The van der Waals surface area contributed by atoms with Crippen LogP contribution in [-0.2, 0) is 17.6 Å². The molecule has 8 nitrogen and oxygen atoms in total. The SMILES string of the molecule is CCc1nnc(NC(=O)CSc2nc3c(c(=O)n2-c2ccc(OC)cc2)SCC3)s1. The lowest BCUT2D eigenvalue weighted by atomic mass is 10.3. The first-order valence-corrected chi connectivity index (χ1v) is 12.1. The summed E-state index contributed by atoms with van der Waals surface area (Å²) in [7, 11) is 1.59. The smallest absolute Gasteiger partial charge is 0.272 e. The van der Waals surface area contributed by atoms with Gasteiger partial charge in [0.1, 0.15) is 10.8 Å².